The van der Waals surface area contributed by atoms with Crippen LogP contribution in [0, 0.1) is 6.92 Å². The summed E-state index contributed by atoms with van der Waals surface area (Å²) >= 11 is 18.4. The van der Waals surface area contributed by atoms with Crippen LogP contribution in [0.4, 0.5) is 0 Å². The average Bonchev–Trinajstić information content (AvgIpc) is 2.99. The molecule has 0 bridgehead atoms. The van der Waals surface area contributed by atoms with Gasteiger partial charge in [0.25, 0.3) is 0 Å². The number of hydrogen-bond donors (Lipinski definition) is 0. The fraction of sp³-hybridized carbons (Fsp3) is 0.136. The van der Waals surface area contributed by atoms with Crippen molar-refractivity contribution in [1.29, 1.82) is 0 Å². The summed E-state index contributed by atoms with van der Waals surface area (Å²) in [5.41, 5.74) is 2.52. The standard InChI is InChI=1S/C22H17Cl3N2O3/c1-14-18(22(25)27(26-14)12-16-4-2-3-5-19(16)24)10-11-21(29)30-13-20(28)15-6-8-17(23)9-7-15/h2-11H,12-13H2,1H3. The maximum Gasteiger partial charge on any atom is 0.331 e. The van der Waals surface area contributed by atoms with Gasteiger partial charge < -0.3 is 4.74 Å². The number of hydrogen-bond acceptors (Lipinski definition) is 4. The van der Waals surface area contributed by atoms with Crippen LogP contribution in [0.3, 0.4) is 0 Å². The third kappa shape index (κ3) is 5.51. The van der Waals surface area contributed by atoms with E-state index in [1.165, 1.54) is 12.2 Å². The first-order chi connectivity index (χ1) is 14.3. The van der Waals surface area contributed by atoms with Crippen molar-refractivity contribution < 1.29 is 14.3 Å². The number of halogens is 3. The molecule has 0 saturated carbocycles. The Labute approximate surface area is 188 Å². The van der Waals surface area contributed by atoms with Crippen LogP contribution in [0.25, 0.3) is 6.08 Å². The Kier molecular flexibility index (Phi) is 7.32. The second-order valence-corrected chi connectivity index (χ2v) is 7.61. The van der Waals surface area contributed by atoms with Gasteiger partial charge in [-0.2, -0.15) is 5.10 Å². The Morgan fingerprint density at radius 2 is 1.77 bits per heavy atom. The molecule has 0 aliphatic rings. The zero-order valence-corrected chi connectivity index (χ0v) is 18.2. The summed E-state index contributed by atoms with van der Waals surface area (Å²) in [4.78, 5) is 24.1. The van der Waals surface area contributed by atoms with Crippen molar-refractivity contribution >= 4 is 52.6 Å². The highest BCUT2D eigenvalue weighted by Crippen LogP contribution is 2.24. The van der Waals surface area contributed by atoms with E-state index < -0.39 is 5.97 Å². The smallest absolute Gasteiger partial charge is 0.331 e. The molecule has 0 radical (unpaired) electrons. The first-order valence-corrected chi connectivity index (χ1v) is 10.1. The van der Waals surface area contributed by atoms with Gasteiger partial charge in [-0.05, 0) is 48.9 Å². The van der Waals surface area contributed by atoms with Gasteiger partial charge in [-0.25, -0.2) is 9.48 Å². The molecule has 3 aromatic rings. The van der Waals surface area contributed by atoms with Gasteiger partial charge in [-0.3, -0.25) is 4.79 Å². The van der Waals surface area contributed by atoms with Gasteiger partial charge in [0.1, 0.15) is 5.15 Å². The largest absolute Gasteiger partial charge is 0.454 e. The molecule has 1 aromatic heterocycles. The molecule has 5 nitrogen and oxygen atoms in total. The molecule has 0 saturated heterocycles. The predicted molar refractivity (Wildman–Crippen MR) is 118 cm³/mol. The van der Waals surface area contributed by atoms with Crippen LogP contribution in [-0.4, -0.2) is 28.1 Å². The third-order valence-corrected chi connectivity index (χ3v) is 5.30. The van der Waals surface area contributed by atoms with Crippen molar-refractivity contribution in [1.82, 2.24) is 9.78 Å². The minimum Gasteiger partial charge on any atom is -0.454 e. The number of ether oxygens (including phenoxy) is 1. The number of Topliss-reactive ketones (excluding diaryl/α,β-unsaturated/α-hetero) is 1. The van der Waals surface area contributed by atoms with Crippen molar-refractivity contribution in [3.8, 4) is 0 Å². The summed E-state index contributed by atoms with van der Waals surface area (Å²) in [5.74, 6) is -0.984. The highest BCUT2D eigenvalue weighted by Gasteiger charge is 2.14. The molecule has 0 aliphatic carbocycles. The predicted octanol–water partition coefficient (Wildman–Crippen LogP) is 5.64. The van der Waals surface area contributed by atoms with Gasteiger partial charge in [-0.15, -0.1) is 0 Å². The lowest BCUT2D eigenvalue weighted by atomic mass is 10.1. The quantitative estimate of drug-likeness (QED) is 0.258. The number of benzene rings is 2. The summed E-state index contributed by atoms with van der Waals surface area (Å²) in [6.07, 6.45) is 2.73. The van der Waals surface area contributed by atoms with Crippen LogP contribution >= 0.6 is 34.8 Å². The summed E-state index contributed by atoms with van der Waals surface area (Å²) in [6, 6.07) is 13.8. The Hall–Kier alpha value is -2.60. The van der Waals surface area contributed by atoms with Crippen LogP contribution in [0.15, 0.2) is 54.6 Å². The summed E-state index contributed by atoms with van der Waals surface area (Å²) < 4.78 is 6.62. The number of rotatable bonds is 7. The second kappa shape index (κ2) is 9.94. The van der Waals surface area contributed by atoms with Gasteiger partial charge in [0.2, 0.25) is 0 Å². The number of esters is 1. The Bertz CT molecular complexity index is 1110. The van der Waals surface area contributed by atoms with E-state index in [0.717, 1.165) is 5.56 Å². The lowest BCUT2D eigenvalue weighted by molar-refractivity contribution is -0.136. The summed E-state index contributed by atoms with van der Waals surface area (Å²) in [5, 5.41) is 5.91. The second-order valence-electron chi connectivity index (χ2n) is 6.41. The number of aryl methyl sites for hydroxylation is 1. The van der Waals surface area contributed by atoms with E-state index in [1.807, 2.05) is 18.2 Å². The highest BCUT2D eigenvalue weighted by atomic mass is 35.5. The Morgan fingerprint density at radius 3 is 2.47 bits per heavy atom. The van der Waals surface area contributed by atoms with Crippen molar-refractivity contribution in [3.05, 3.63) is 92.2 Å². The van der Waals surface area contributed by atoms with Crippen LogP contribution in [-0.2, 0) is 16.1 Å². The number of nitrogens with zero attached hydrogens (tertiary/aromatic N) is 2. The molecule has 0 amide bonds. The van der Waals surface area contributed by atoms with Gasteiger partial charge in [0.15, 0.2) is 12.4 Å². The molecular weight excluding hydrogens is 447 g/mol. The molecule has 3 rings (SSSR count). The monoisotopic (exact) mass is 462 g/mol. The van der Waals surface area contributed by atoms with Crippen LogP contribution in [0.2, 0.25) is 15.2 Å². The van der Waals surface area contributed by atoms with Gasteiger partial charge in [0, 0.05) is 27.2 Å². The van der Waals surface area contributed by atoms with E-state index in [2.05, 4.69) is 5.10 Å². The van der Waals surface area contributed by atoms with Gasteiger partial charge in [-0.1, -0.05) is 53.0 Å². The van der Waals surface area contributed by atoms with E-state index in [9.17, 15) is 9.59 Å². The fourth-order valence-electron chi connectivity index (χ4n) is 2.70. The SMILES string of the molecule is Cc1nn(Cc2ccccc2Cl)c(Cl)c1C=CC(=O)OCC(=O)c1ccc(Cl)cc1. The number of carbonyl (C=O) groups is 2. The Morgan fingerprint density at radius 1 is 1.07 bits per heavy atom. The molecular formula is C22H17Cl3N2O3. The van der Waals surface area contributed by atoms with Crippen molar-refractivity contribution in [2.75, 3.05) is 6.61 Å². The molecule has 154 valence electrons. The maximum absolute atomic E-state index is 12.1. The number of carbonyl (C=O) groups excluding carboxylic acids is 2. The molecule has 2 aromatic carbocycles. The first-order valence-electron chi connectivity index (χ1n) is 8.95. The molecule has 0 unspecified atom stereocenters. The van der Waals surface area contributed by atoms with Crippen LogP contribution in [0.5, 0.6) is 0 Å². The molecule has 1 heterocycles. The topological polar surface area (TPSA) is 61.2 Å². The zero-order valence-electron chi connectivity index (χ0n) is 15.9. The summed E-state index contributed by atoms with van der Waals surface area (Å²) in [6.45, 7) is 1.81. The lowest BCUT2D eigenvalue weighted by Crippen LogP contribution is -2.12. The maximum atomic E-state index is 12.1. The lowest BCUT2D eigenvalue weighted by Gasteiger charge is -2.05. The van der Waals surface area contributed by atoms with E-state index in [1.54, 1.807) is 41.9 Å². The molecule has 0 aliphatic heterocycles. The highest BCUT2D eigenvalue weighted by molar-refractivity contribution is 6.32. The molecule has 0 N–H and O–H groups in total. The van der Waals surface area contributed by atoms with E-state index >= 15 is 0 Å². The van der Waals surface area contributed by atoms with Gasteiger partial charge >= 0.3 is 5.97 Å². The van der Waals surface area contributed by atoms with Crippen LogP contribution < -0.4 is 0 Å². The van der Waals surface area contributed by atoms with E-state index in [4.69, 9.17) is 39.5 Å². The molecule has 0 spiro atoms. The molecule has 0 fully saturated rings. The van der Waals surface area contributed by atoms with Gasteiger partial charge in [0.05, 0.1) is 12.2 Å². The average molecular weight is 464 g/mol. The minimum absolute atomic E-state index is 0.324. The Balaban J connectivity index is 1.63. The molecule has 30 heavy (non-hydrogen) atoms. The zero-order chi connectivity index (χ0) is 21.7. The van der Waals surface area contributed by atoms with Crippen molar-refractivity contribution in [2.45, 2.75) is 13.5 Å². The minimum atomic E-state index is -0.661. The van der Waals surface area contributed by atoms with Crippen molar-refractivity contribution in [2.24, 2.45) is 0 Å². The van der Waals surface area contributed by atoms with Crippen molar-refractivity contribution in [3.63, 3.8) is 0 Å². The molecule has 8 heteroatoms. The van der Waals surface area contributed by atoms with E-state index in [-0.39, 0.29) is 12.4 Å². The molecule has 0 atom stereocenters. The normalized spacial score (nSPS) is 11.1. The summed E-state index contributed by atoms with van der Waals surface area (Å²) in [7, 11) is 0. The number of aromatic nitrogens is 2. The first kappa shape index (κ1) is 22.1. The third-order valence-electron chi connectivity index (χ3n) is 4.29. The number of ketones is 1. The van der Waals surface area contributed by atoms with Crippen LogP contribution in [0.1, 0.15) is 27.2 Å². The fourth-order valence-corrected chi connectivity index (χ4v) is 3.32. The van der Waals surface area contributed by atoms with E-state index in [0.29, 0.717) is 38.6 Å².